The summed E-state index contributed by atoms with van der Waals surface area (Å²) in [6.45, 7) is 14.8. The van der Waals surface area contributed by atoms with E-state index in [1.807, 2.05) is 0 Å². The third kappa shape index (κ3) is 9.38. The topological polar surface area (TPSA) is 78.9 Å². The van der Waals surface area contributed by atoms with Crippen molar-refractivity contribution in [1.29, 1.82) is 0 Å². The van der Waals surface area contributed by atoms with E-state index < -0.39 is 41.5 Å². The Labute approximate surface area is 162 Å². The summed E-state index contributed by atoms with van der Waals surface area (Å²) >= 11 is 0. The van der Waals surface area contributed by atoms with Crippen molar-refractivity contribution in [2.24, 2.45) is 16.2 Å². The molecule has 0 bridgehead atoms. The molecule has 0 aromatic heterocycles. The van der Waals surface area contributed by atoms with Gasteiger partial charge in [-0.25, -0.2) is 0 Å². The van der Waals surface area contributed by atoms with Gasteiger partial charge in [-0.1, -0.05) is 0 Å². The van der Waals surface area contributed by atoms with Crippen LogP contribution in [0.1, 0.15) is 63.7 Å². The molecule has 0 saturated heterocycles. The van der Waals surface area contributed by atoms with Gasteiger partial charge in [-0.05, 0) is 62.3 Å². The quantitative estimate of drug-likeness (QED) is 0.667. The van der Waals surface area contributed by atoms with Crippen LogP contribution in [0.2, 0.25) is 0 Å². The van der Waals surface area contributed by atoms with Gasteiger partial charge in [0.25, 0.3) is 17.9 Å². The molecule has 8 heteroatoms. The second-order valence-corrected chi connectivity index (χ2v) is 8.25. The molecule has 0 heterocycles. The summed E-state index contributed by atoms with van der Waals surface area (Å²) in [5, 5.41) is 0. The monoisotopic (exact) mass is 338 g/mol. The second-order valence-electron chi connectivity index (χ2n) is 8.25. The van der Waals surface area contributed by atoms with E-state index in [-0.39, 0.29) is 31.0 Å². The van der Waals surface area contributed by atoms with Gasteiger partial charge in [-0.3, -0.25) is 14.4 Å². The Morgan fingerprint density at radius 1 is 0.609 bits per heavy atom. The molecule has 0 radical (unpaired) electrons. The molecule has 0 rings (SSSR count). The number of hydrogen-bond acceptors (Lipinski definition) is 6. The fraction of sp³-hybridized carbons (Fsp3) is 0.800. The molecule has 0 saturated carbocycles. The predicted octanol–water partition coefficient (Wildman–Crippen LogP) is -0.144. The van der Waals surface area contributed by atoms with Crippen molar-refractivity contribution >= 4 is 25.2 Å². The largest absolute Gasteiger partial charge is 1.00 e. The van der Waals surface area contributed by atoms with E-state index in [0.29, 0.717) is 0 Å². The van der Waals surface area contributed by atoms with Gasteiger partial charge in [0, 0.05) is 0 Å². The summed E-state index contributed by atoms with van der Waals surface area (Å²) in [5.74, 6) is -1.91. The normalized spacial score (nSPS) is 11.9. The molecule has 6 nitrogen and oxygen atoms in total. The van der Waals surface area contributed by atoms with Gasteiger partial charge in [-0.2, -0.15) is 0 Å². The van der Waals surface area contributed by atoms with E-state index in [4.69, 9.17) is 14.0 Å². The number of rotatable bonds is 3. The first-order valence-corrected chi connectivity index (χ1v) is 7.18. The van der Waals surface area contributed by atoms with Gasteiger partial charge in [0.2, 0.25) is 0 Å². The fourth-order valence-corrected chi connectivity index (χ4v) is 0.865. The molecule has 0 atom stereocenters. The molecule has 0 fully saturated rings. The molecule has 0 spiro atoms. The van der Waals surface area contributed by atoms with Crippen LogP contribution in [0.5, 0.6) is 0 Å². The van der Waals surface area contributed by atoms with Crippen molar-refractivity contribution < 1.29 is 59.3 Å². The number of hydrogen-bond donors (Lipinski definition) is 0. The smallest absolute Gasteiger partial charge is 1.00 e. The van der Waals surface area contributed by atoms with Crippen LogP contribution < -0.4 is 29.6 Å². The maximum absolute atomic E-state index is 11.9. The average Bonchev–Trinajstić information content (AvgIpc) is 2.24. The third-order valence-electron chi connectivity index (χ3n) is 2.45. The molecule has 0 aromatic rings. The fourth-order valence-electron chi connectivity index (χ4n) is 0.865. The molecule has 0 unspecified atom stereocenters. The molecule has 0 aliphatic carbocycles. The van der Waals surface area contributed by atoms with Crippen LogP contribution in [0.3, 0.4) is 0 Å². The maximum Gasteiger partial charge on any atom is 1.00 e. The van der Waals surface area contributed by atoms with E-state index in [2.05, 4.69) is 0 Å². The van der Waals surface area contributed by atoms with E-state index >= 15 is 0 Å². The minimum Gasteiger partial charge on any atom is -1.00 e. The summed E-state index contributed by atoms with van der Waals surface area (Å²) in [7, 11) is -1.69. The summed E-state index contributed by atoms with van der Waals surface area (Å²) in [4.78, 5) is 35.8. The SMILES string of the molecule is CC(C)(C)C(=O)OB(OC(=O)C(C)(C)C)OC(=O)C(C)(C)C.[H-].[Na+]. The van der Waals surface area contributed by atoms with Gasteiger partial charge in [0.05, 0.1) is 16.2 Å². The Bertz CT molecular complexity index is 382. The van der Waals surface area contributed by atoms with Gasteiger partial charge >= 0.3 is 36.9 Å². The van der Waals surface area contributed by atoms with Crippen molar-refractivity contribution in [3.8, 4) is 0 Å². The van der Waals surface area contributed by atoms with Gasteiger partial charge in [0.1, 0.15) is 0 Å². The molecule has 128 valence electrons. The zero-order valence-electron chi connectivity index (χ0n) is 17.0. The van der Waals surface area contributed by atoms with Crippen LogP contribution in [0.15, 0.2) is 0 Å². The van der Waals surface area contributed by atoms with Crippen LogP contribution in [0.25, 0.3) is 0 Å². The number of carbonyl (C=O) groups excluding carboxylic acids is 3. The molecule has 0 amide bonds. The third-order valence-corrected chi connectivity index (χ3v) is 2.45. The number of carbonyl (C=O) groups is 3. The van der Waals surface area contributed by atoms with Crippen molar-refractivity contribution in [3.05, 3.63) is 0 Å². The van der Waals surface area contributed by atoms with E-state index in [9.17, 15) is 14.4 Å². The van der Waals surface area contributed by atoms with E-state index in [0.717, 1.165) is 0 Å². The molecule has 0 aromatic carbocycles. The first kappa shape index (κ1) is 24.7. The van der Waals surface area contributed by atoms with Crippen molar-refractivity contribution in [2.45, 2.75) is 62.3 Å². The first-order chi connectivity index (χ1) is 9.55. The van der Waals surface area contributed by atoms with E-state index in [1.165, 1.54) is 0 Å². The van der Waals surface area contributed by atoms with Crippen LogP contribution in [-0.4, -0.2) is 25.2 Å². The van der Waals surface area contributed by atoms with Crippen molar-refractivity contribution in [1.82, 2.24) is 0 Å². The maximum atomic E-state index is 11.9. The molecule has 0 N–H and O–H groups in total. The minimum atomic E-state index is -1.69. The summed E-state index contributed by atoms with van der Waals surface area (Å²) in [6, 6.07) is 0. The average molecular weight is 338 g/mol. The van der Waals surface area contributed by atoms with Crippen LogP contribution in [-0.2, 0) is 28.3 Å². The van der Waals surface area contributed by atoms with Crippen LogP contribution in [0.4, 0.5) is 0 Å². The summed E-state index contributed by atoms with van der Waals surface area (Å²) in [5.41, 5.74) is -2.46. The van der Waals surface area contributed by atoms with E-state index in [1.54, 1.807) is 62.3 Å². The standard InChI is InChI=1S/C15H27BO6.Na.H/c1-13(2,3)10(17)20-16(21-11(18)14(4,5)6)22-12(19)15(7,8)9;;/h1-9H3;;/q;+1;-1. The molecule has 0 aliphatic heterocycles. The Morgan fingerprint density at radius 2 is 0.783 bits per heavy atom. The second kappa shape index (κ2) is 8.54. The Kier molecular flexibility index (Phi) is 9.18. The zero-order valence-corrected chi connectivity index (χ0v) is 18.0. The van der Waals surface area contributed by atoms with Crippen LogP contribution in [0, 0.1) is 16.2 Å². The van der Waals surface area contributed by atoms with Gasteiger partial charge in [-0.15, -0.1) is 0 Å². The first-order valence-electron chi connectivity index (χ1n) is 7.18. The molecule has 23 heavy (non-hydrogen) atoms. The summed E-state index contributed by atoms with van der Waals surface area (Å²) in [6.07, 6.45) is 0. The van der Waals surface area contributed by atoms with Crippen molar-refractivity contribution in [2.75, 3.05) is 0 Å². The van der Waals surface area contributed by atoms with Crippen LogP contribution >= 0.6 is 0 Å². The zero-order chi connectivity index (χ0) is 17.9. The Hall–Kier alpha value is -0.525. The molecular formula is C15H28BNaO6. The van der Waals surface area contributed by atoms with Gasteiger partial charge < -0.3 is 15.4 Å². The summed E-state index contributed by atoms with van der Waals surface area (Å²) < 4.78 is 15.1. The Morgan fingerprint density at radius 3 is 0.913 bits per heavy atom. The minimum absolute atomic E-state index is 0. The van der Waals surface area contributed by atoms with Gasteiger partial charge in [0.15, 0.2) is 0 Å². The Balaban J connectivity index is -0.00000220. The molecular weight excluding hydrogens is 310 g/mol. The van der Waals surface area contributed by atoms with Crippen molar-refractivity contribution in [3.63, 3.8) is 0 Å². The molecule has 0 aliphatic rings. The predicted molar refractivity (Wildman–Crippen MR) is 83.5 cm³/mol.